The van der Waals surface area contributed by atoms with Crippen molar-refractivity contribution in [1.29, 1.82) is 0 Å². The number of nitrogens with zero attached hydrogens (tertiary/aromatic N) is 3. The molecule has 0 unspecified atom stereocenters. The van der Waals surface area contributed by atoms with Crippen molar-refractivity contribution in [2.75, 3.05) is 0 Å². The summed E-state index contributed by atoms with van der Waals surface area (Å²) >= 11 is 0. The molecule has 0 aliphatic rings. The minimum Gasteiger partial charge on any atom is -0.462 e. The molecule has 0 aliphatic heterocycles. The number of aliphatic imine (C=N–C) groups is 1. The molecule has 22 heavy (non-hydrogen) atoms. The van der Waals surface area contributed by atoms with Gasteiger partial charge < -0.3 is 9.40 Å². The molecule has 7 heteroatoms. The Morgan fingerprint density at radius 1 is 1.23 bits per heavy atom. The molecule has 3 N–H and O–H groups in total. The number of para-hydroxylation sites is 1. The number of hydroxylamine groups is 1. The van der Waals surface area contributed by atoms with Gasteiger partial charge >= 0.3 is 0 Å². The Labute approximate surface area is 124 Å². The number of pyridine rings is 1. The van der Waals surface area contributed by atoms with Crippen molar-refractivity contribution in [3.8, 4) is 0 Å². The Bertz CT molecular complexity index is 986. The van der Waals surface area contributed by atoms with Gasteiger partial charge in [-0.05, 0) is 18.2 Å². The third kappa shape index (κ3) is 1.92. The maximum atomic E-state index is 9.49. The fraction of sp³-hybridized carbons (Fsp3) is 0. The minimum absolute atomic E-state index is 0.278. The van der Waals surface area contributed by atoms with Crippen LogP contribution in [0.5, 0.6) is 0 Å². The molecular weight excluding hydrogens is 282 g/mol. The summed E-state index contributed by atoms with van der Waals surface area (Å²) in [4.78, 5) is 15.7. The molecule has 3 heterocycles. The fourth-order valence-corrected chi connectivity index (χ4v) is 2.38. The van der Waals surface area contributed by atoms with Gasteiger partial charge in [-0.15, -0.1) is 0 Å². The van der Waals surface area contributed by atoms with Gasteiger partial charge in [0.2, 0.25) is 0 Å². The van der Waals surface area contributed by atoms with Gasteiger partial charge in [0.15, 0.2) is 17.1 Å². The normalized spacial score (nSPS) is 12.1. The molecule has 0 bridgehead atoms. The summed E-state index contributed by atoms with van der Waals surface area (Å²) in [5, 5.41) is 10.4. The van der Waals surface area contributed by atoms with E-state index in [1.807, 2.05) is 24.3 Å². The lowest BCUT2D eigenvalue weighted by Crippen LogP contribution is -2.20. The second kappa shape index (κ2) is 4.97. The Morgan fingerprint density at radius 2 is 2.18 bits per heavy atom. The number of aromatic amines is 1. The SMILES string of the molecule is ONC(=Nc1cccc2ccoc12)c1ccnc2nc[nH]c12. The highest BCUT2D eigenvalue weighted by Crippen LogP contribution is 2.27. The number of hydrogen-bond donors (Lipinski definition) is 3. The van der Waals surface area contributed by atoms with E-state index in [-0.39, 0.29) is 5.84 Å². The number of amidine groups is 1. The molecule has 1 aromatic carbocycles. The second-order valence-electron chi connectivity index (χ2n) is 4.65. The topological polar surface area (TPSA) is 99.3 Å². The van der Waals surface area contributed by atoms with Crippen molar-refractivity contribution in [2.24, 2.45) is 4.99 Å². The van der Waals surface area contributed by atoms with E-state index in [0.29, 0.717) is 28.0 Å². The summed E-state index contributed by atoms with van der Waals surface area (Å²) in [7, 11) is 0. The van der Waals surface area contributed by atoms with E-state index >= 15 is 0 Å². The van der Waals surface area contributed by atoms with E-state index in [0.717, 1.165) is 5.39 Å². The van der Waals surface area contributed by atoms with E-state index < -0.39 is 0 Å². The lowest BCUT2D eigenvalue weighted by atomic mass is 10.2. The molecule has 108 valence electrons. The lowest BCUT2D eigenvalue weighted by Gasteiger charge is -2.06. The van der Waals surface area contributed by atoms with Crippen molar-refractivity contribution in [1.82, 2.24) is 20.4 Å². The van der Waals surface area contributed by atoms with Crippen LogP contribution in [-0.4, -0.2) is 26.0 Å². The number of rotatable bonds is 2. The minimum atomic E-state index is 0.278. The van der Waals surface area contributed by atoms with Crippen LogP contribution in [0.15, 0.2) is 58.5 Å². The molecule has 4 rings (SSSR count). The van der Waals surface area contributed by atoms with E-state index in [1.165, 1.54) is 0 Å². The highest BCUT2D eigenvalue weighted by atomic mass is 16.5. The predicted molar refractivity (Wildman–Crippen MR) is 81.2 cm³/mol. The third-order valence-electron chi connectivity index (χ3n) is 3.38. The first kappa shape index (κ1) is 12.5. The van der Waals surface area contributed by atoms with Gasteiger partial charge in [-0.25, -0.2) is 15.0 Å². The van der Waals surface area contributed by atoms with Gasteiger partial charge in [0.05, 0.1) is 18.1 Å². The molecule has 4 aromatic rings. The summed E-state index contributed by atoms with van der Waals surface area (Å²) in [6.07, 6.45) is 4.76. The summed E-state index contributed by atoms with van der Waals surface area (Å²) in [5.41, 5.74) is 5.31. The van der Waals surface area contributed by atoms with Gasteiger partial charge in [-0.3, -0.25) is 10.7 Å². The molecule has 0 saturated carbocycles. The van der Waals surface area contributed by atoms with E-state index in [2.05, 4.69) is 25.4 Å². The Morgan fingerprint density at radius 3 is 3.09 bits per heavy atom. The Balaban J connectivity index is 1.92. The van der Waals surface area contributed by atoms with Crippen LogP contribution < -0.4 is 5.48 Å². The number of hydrogen-bond acceptors (Lipinski definition) is 5. The molecule has 3 aromatic heterocycles. The molecule has 0 amide bonds. The summed E-state index contributed by atoms with van der Waals surface area (Å²) < 4.78 is 5.45. The third-order valence-corrected chi connectivity index (χ3v) is 3.38. The number of fused-ring (bicyclic) bond motifs is 2. The van der Waals surface area contributed by atoms with E-state index in [4.69, 9.17) is 4.42 Å². The summed E-state index contributed by atoms with van der Waals surface area (Å²) in [5.74, 6) is 0.278. The van der Waals surface area contributed by atoms with Crippen LogP contribution >= 0.6 is 0 Å². The van der Waals surface area contributed by atoms with E-state index in [9.17, 15) is 5.21 Å². The van der Waals surface area contributed by atoms with Crippen LogP contribution in [-0.2, 0) is 0 Å². The summed E-state index contributed by atoms with van der Waals surface area (Å²) in [6.45, 7) is 0. The Hall–Kier alpha value is -3.19. The number of H-pyrrole nitrogens is 1. The van der Waals surface area contributed by atoms with Crippen LogP contribution in [0.4, 0.5) is 5.69 Å². The quantitative estimate of drug-likeness (QED) is 0.300. The van der Waals surface area contributed by atoms with Crippen LogP contribution in [0, 0.1) is 0 Å². The monoisotopic (exact) mass is 293 g/mol. The maximum Gasteiger partial charge on any atom is 0.178 e. The lowest BCUT2D eigenvalue weighted by molar-refractivity contribution is 0.235. The molecule has 0 saturated heterocycles. The number of nitrogens with one attached hydrogen (secondary N) is 2. The van der Waals surface area contributed by atoms with Crippen molar-refractivity contribution in [2.45, 2.75) is 0 Å². The van der Waals surface area contributed by atoms with Gasteiger partial charge in [-0.1, -0.05) is 12.1 Å². The van der Waals surface area contributed by atoms with Crippen LogP contribution in [0.1, 0.15) is 5.56 Å². The molecule has 0 fully saturated rings. The Kier molecular flexibility index (Phi) is 2.84. The molecular formula is C15H11N5O2. The highest BCUT2D eigenvalue weighted by molar-refractivity contribution is 6.08. The molecule has 0 radical (unpaired) electrons. The van der Waals surface area contributed by atoms with Crippen LogP contribution in [0.3, 0.4) is 0 Å². The highest BCUT2D eigenvalue weighted by Gasteiger charge is 2.11. The maximum absolute atomic E-state index is 9.49. The predicted octanol–water partition coefficient (Wildman–Crippen LogP) is 2.76. The number of aromatic nitrogens is 3. The fourth-order valence-electron chi connectivity index (χ4n) is 2.38. The largest absolute Gasteiger partial charge is 0.462 e. The first-order valence-corrected chi connectivity index (χ1v) is 6.60. The van der Waals surface area contributed by atoms with Crippen LogP contribution in [0.25, 0.3) is 22.1 Å². The smallest absolute Gasteiger partial charge is 0.178 e. The number of benzene rings is 1. The zero-order valence-corrected chi connectivity index (χ0v) is 11.3. The molecule has 0 atom stereocenters. The first-order chi connectivity index (χ1) is 10.9. The van der Waals surface area contributed by atoms with Gasteiger partial charge in [0.1, 0.15) is 5.69 Å². The van der Waals surface area contributed by atoms with Crippen molar-refractivity contribution < 1.29 is 9.62 Å². The average Bonchev–Trinajstić information content (AvgIpc) is 3.21. The van der Waals surface area contributed by atoms with Crippen LogP contribution in [0.2, 0.25) is 0 Å². The first-order valence-electron chi connectivity index (χ1n) is 6.60. The van der Waals surface area contributed by atoms with Gasteiger partial charge in [0, 0.05) is 17.1 Å². The van der Waals surface area contributed by atoms with Crippen molar-refractivity contribution in [3.63, 3.8) is 0 Å². The molecule has 0 spiro atoms. The number of furan rings is 1. The molecule has 0 aliphatic carbocycles. The average molecular weight is 293 g/mol. The standard InChI is InChI=1S/C15H11N5O2/c21-20-14(10-4-6-16-15-12(10)17-8-18-15)19-11-3-1-2-9-5-7-22-13(9)11/h1-8,21H,(H,19,20)(H,16,17,18). The van der Waals surface area contributed by atoms with Crippen molar-refractivity contribution in [3.05, 3.63) is 54.7 Å². The van der Waals surface area contributed by atoms with Gasteiger partial charge in [-0.2, -0.15) is 0 Å². The zero-order chi connectivity index (χ0) is 14.9. The van der Waals surface area contributed by atoms with Crippen molar-refractivity contribution >= 4 is 33.7 Å². The zero-order valence-electron chi connectivity index (χ0n) is 11.3. The summed E-state index contributed by atoms with van der Waals surface area (Å²) in [6, 6.07) is 9.23. The number of imidazole rings is 1. The molecule has 7 nitrogen and oxygen atoms in total. The second-order valence-corrected chi connectivity index (χ2v) is 4.65. The van der Waals surface area contributed by atoms with Gasteiger partial charge in [0.25, 0.3) is 0 Å². The van der Waals surface area contributed by atoms with E-state index in [1.54, 1.807) is 24.9 Å².